The van der Waals surface area contributed by atoms with E-state index >= 15 is 0 Å². The zero-order valence-corrected chi connectivity index (χ0v) is 11.9. The highest BCUT2D eigenvalue weighted by Crippen LogP contribution is 2.16. The number of nitrogens with zero attached hydrogens (tertiary/aromatic N) is 2. The van der Waals surface area contributed by atoms with E-state index in [1.54, 1.807) is 16.8 Å². The lowest BCUT2D eigenvalue weighted by Crippen LogP contribution is -2.21. The normalized spacial score (nSPS) is 10.5. The van der Waals surface area contributed by atoms with Crippen LogP contribution in [0.15, 0.2) is 30.3 Å². The summed E-state index contributed by atoms with van der Waals surface area (Å²) in [4.78, 5) is 12.1. The van der Waals surface area contributed by atoms with Crippen molar-refractivity contribution in [1.82, 2.24) is 9.78 Å². The van der Waals surface area contributed by atoms with E-state index in [9.17, 15) is 4.79 Å². The highest BCUT2D eigenvalue weighted by atomic mass is 16.2. The van der Waals surface area contributed by atoms with Crippen LogP contribution in [0.3, 0.4) is 0 Å². The van der Waals surface area contributed by atoms with Crippen molar-refractivity contribution in [2.75, 3.05) is 11.1 Å². The molecule has 0 bridgehead atoms. The number of para-hydroxylation sites is 2. The summed E-state index contributed by atoms with van der Waals surface area (Å²) >= 11 is 0. The van der Waals surface area contributed by atoms with Crippen molar-refractivity contribution < 1.29 is 4.79 Å². The summed E-state index contributed by atoms with van der Waals surface area (Å²) in [6, 6.07) is 9.27. The van der Waals surface area contributed by atoms with Gasteiger partial charge in [-0.3, -0.25) is 9.48 Å². The van der Waals surface area contributed by atoms with E-state index < -0.39 is 0 Å². The molecule has 1 aromatic heterocycles. The summed E-state index contributed by atoms with van der Waals surface area (Å²) in [5, 5.41) is 7.24. The molecule has 0 saturated heterocycles. The van der Waals surface area contributed by atoms with E-state index in [1.807, 2.05) is 18.2 Å². The van der Waals surface area contributed by atoms with E-state index in [-0.39, 0.29) is 12.5 Å². The number of nitrogen functional groups attached to an aromatic ring is 1. The maximum atomic E-state index is 12.1. The van der Waals surface area contributed by atoms with Crippen LogP contribution in [-0.2, 0) is 24.2 Å². The Hall–Kier alpha value is -2.30. The molecule has 0 spiro atoms. The van der Waals surface area contributed by atoms with Gasteiger partial charge in [-0.25, -0.2) is 0 Å². The number of rotatable bonds is 5. The van der Waals surface area contributed by atoms with Crippen LogP contribution < -0.4 is 11.1 Å². The molecule has 1 heterocycles. The van der Waals surface area contributed by atoms with Crippen LogP contribution in [0, 0.1) is 0 Å². The molecule has 0 aliphatic carbocycles. The molecule has 106 valence electrons. The van der Waals surface area contributed by atoms with Crippen molar-refractivity contribution in [2.24, 2.45) is 0 Å². The van der Waals surface area contributed by atoms with Crippen LogP contribution in [0.25, 0.3) is 0 Å². The molecule has 0 unspecified atom stereocenters. The molecule has 0 saturated carbocycles. The molecule has 0 radical (unpaired) electrons. The second-order valence-electron chi connectivity index (χ2n) is 4.63. The summed E-state index contributed by atoms with van der Waals surface area (Å²) < 4.78 is 1.76. The Kier molecular flexibility index (Phi) is 4.40. The van der Waals surface area contributed by atoms with Gasteiger partial charge in [0.1, 0.15) is 6.54 Å². The van der Waals surface area contributed by atoms with Crippen LogP contribution in [0.1, 0.15) is 25.2 Å². The number of nitrogens with one attached hydrogen (secondary N) is 1. The van der Waals surface area contributed by atoms with Gasteiger partial charge in [-0.05, 0) is 31.0 Å². The molecule has 5 heteroatoms. The topological polar surface area (TPSA) is 72.9 Å². The number of hydrogen-bond donors (Lipinski definition) is 2. The zero-order chi connectivity index (χ0) is 14.5. The molecule has 1 amide bonds. The molecule has 0 aliphatic rings. The Bertz CT molecular complexity index is 604. The Morgan fingerprint density at radius 3 is 2.70 bits per heavy atom. The summed E-state index contributed by atoms with van der Waals surface area (Å²) in [5.74, 6) is -0.122. The minimum Gasteiger partial charge on any atom is -0.397 e. The highest BCUT2D eigenvalue weighted by molar-refractivity contribution is 5.93. The lowest BCUT2D eigenvalue weighted by molar-refractivity contribution is -0.116. The monoisotopic (exact) mass is 272 g/mol. The van der Waals surface area contributed by atoms with Crippen LogP contribution in [0.5, 0.6) is 0 Å². The lowest BCUT2D eigenvalue weighted by atomic mass is 10.2. The van der Waals surface area contributed by atoms with Crippen molar-refractivity contribution in [1.29, 1.82) is 0 Å². The van der Waals surface area contributed by atoms with Crippen LogP contribution in [0.4, 0.5) is 11.4 Å². The van der Waals surface area contributed by atoms with Crippen LogP contribution in [-0.4, -0.2) is 15.7 Å². The first-order valence-corrected chi connectivity index (χ1v) is 6.84. The van der Waals surface area contributed by atoms with Gasteiger partial charge in [0.05, 0.1) is 17.1 Å². The molecule has 0 aliphatic heterocycles. The summed E-state index contributed by atoms with van der Waals surface area (Å²) in [7, 11) is 0. The highest BCUT2D eigenvalue weighted by Gasteiger charge is 2.10. The number of aryl methyl sites for hydroxylation is 2. The van der Waals surface area contributed by atoms with E-state index in [2.05, 4.69) is 24.3 Å². The molecule has 2 rings (SSSR count). The molecule has 0 atom stereocenters. The number of carbonyl (C=O) groups is 1. The van der Waals surface area contributed by atoms with E-state index in [1.165, 1.54) is 0 Å². The third-order valence-electron chi connectivity index (χ3n) is 3.17. The fourth-order valence-electron chi connectivity index (χ4n) is 2.05. The van der Waals surface area contributed by atoms with Crippen molar-refractivity contribution in [3.05, 3.63) is 41.7 Å². The smallest absolute Gasteiger partial charge is 0.246 e. The molecule has 1 aromatic carbocycles. The number of nitrogens with two attached hydrogens (primary N) is 1. The number of anilines is 2. The Morgan fingerprint density at radius 1 is 1.30 bits per heavy atom. The van der Waals surface area contributed by atoms with Crippen LogP contribution in [0.2, 0.25) is 0 Å². The minimum atomic E-state index is -0.122. The first-order chi connectivity index (χ1) is 9.63. The van der Waals surface area contributed by atoms with E-state index in [0.29, 0.717) is 11.4 Å². The lowest BCUT2D eigenvalue weighted by Gasteiger charge is -2.09. The number of aromatic nitrogens is 2. The quantitative estimate of drug-likeness (QED) is 0.820. The second kappa shape index (κ2) is 6.23. The van der Waals surface area contributed by atoms with Gasteiger partial charge in [-0.2, -0.15) is 5.10 Å². The molecule has 3 N–H and O–H groups in total. The number of carbonyl (C=O) groups excluding carboxylic acids is 1. The fourth-order valence-corrected chi connectivity index (χ4v) is 2.05. The summed E-state index contributed by atoms with van der Waals surface area (Å²) in [6.07, 6.45) is 1.72. The van der Waals surface area contributed by atoms with Gasteiger partial charge >= 0.3 is 0 Å². The van der Waals surface area contributed by atoms with Crippen molar-refractivity contribution in [3.8, 4) is 0 Å². The molecular weight excluding hydrogens is 252 g/mol. The van der Waals surface area contributed by atoms with Gasteiger partial charge < -0.3 is 11.1 Å². The number of amides is 1. The molecule has 5 nitrogen and oxygen atoms in total. The largest absolute Gasteiger partial charge is 0.397 e. The summed E-state index contributed by atoms with van der Waals surface area (Å²) in [5.41, 5.74) is 9.08. The molecule has 20 heavy (non-hydrogen) atoms. The number of hydrogen-bond acceptors (Lipinski definition) is 3. The average molecular weight is 272 g/mol. The minimum absolute atomic E-state index is 0.122. The summed E-state index contributed by atoms with van der Waals surface area (Å²) in [6.45, 7) is 4.31. The van der Waals surface area contributed by atoms with Gasteiger partial charge in [-0.15, -0.1) is 0 Å². The Balaban J connectivity index is 2.08. The third kappa shape index (κ3) is 3.17. The maximum absolute atomic E-state index is 12.1. The molecular formula is C15H20N4O. The Labute approximate surface area is 118 Å². The number of benzene rings is 1. The molecule has 2 aromatic rings. The van der Waals surface area contributed by atoms with Gasteiger partial charge in [0, 0.05) is 5.69 Å². The zero-order valence-electron chi connectivity index (χ0n) is 11.9. The maximum Gasteiger partial charge on any atom is 0.246 e. The second-order valence-corrected chi connectivity index (χ2v) is 4.63. The first kappa shape index (κ1) is 14.1. The molecule has 0 fully saturated rings. The standard InChI is InChI=1S/C15H20N4O/c1-3-11-9-12(4-2)19(18-11)10-15(20)17-14-8-6-5-7-13(14)16/h5-9H,3-4,10,16H2,1-2H3,(H,17,20). The fraction of sp³-hybridized carbons (Fsp3) is 0.333. The van der Waals surface area contributed by atoms with Gasteiger partial charge in [-0.1, -0.05) is 26.0 Å². The average Bonchev–Trinajstić information content (AvgIpc) is 2.83. The van der Waals surface area contributed by atoms with E-state index in [0.717, 1.165) is 24.2 Å². The Morgan fingerprint density at radius 2 is 2.05 bits per heavy atom. The van der Waals surface area contributed by atoms with E-state index in [4.69, 9.17) is 5.73 Å². The van der Waals surface area contributed by atoms with Crippen LogP contribution >= 0.6 is 0 Å². The first-order valence-electron chi connectivity index (χ1n) is 6.84. The van der Waals surface area contributed by atoms with Gasteiger partial charge in [0.2, 0.25) is 5.91 Å². The predicted octanol–water partition coefficient (Wildman–Crippen LogP) is 2.23. The van der Waals surface area contributed by atoms with Crippen molar-refractivity contribution >= 4 is 17.3 Å². The van der Waals surface area contributed by atoms with Gasteiger partial charge in [0.15, 0.2) is 0 Å². The van der Waals surface area contributed by atoms with Crippen molar-refractivity contribution in [2.45, 2.75) is 33.2 Å². The van der Waals surface area contributed by atoms with Gasteiger partial charge in [0.25, 0.3) is 0 Å². The van der Waals surface area contributed by atoms with Crippen molar-refractivity contribution in [3.63, 3.8) is 0 Å². The predicted molar refractivity (Wildman–Crippen MR) is 80.5 cm³/mol. The third-order valence-corrected chi connectivity index (χ3v) is 3.17. The SMILES string of the molecule is CCc1cc(CC)n(CC(=O)Nc2ccccc2N)n1.